The molecule has 0 atom stereocenters. The van der Waals surface area contributed by atoms with E-state index in [0.29, 0.717) is 11.4 Å². The molecule has 0 aliphatic heterocycles. The number of aliphatic carboxylic acids is 1. The van der Waals surface area contributed by atoms with Crippen LogP contribution in [0, 0.1) is 0 Å². The van der Waals surface area contributed by atoms with Gasteiger partial charge in [-0.1, -0.05) is 6.07 Å². The lowest BCUT2D eigenvalue weighted by Crippen LogP contribution is -2.28. The number of nitrogens with two attached hydrogens (primary N) is 1. The normalized spacial score (nSPS) is 11.2. The summed E-state index contributed by atoms with van der Waals surface area (Å²) in [6.07, 6.45) is 1.49. The molecule has 0 aromatic carbocycles. The number of nitrogens with zero attached hydrogens (tertiary/aromatic N) is 1. The van der Waals surface area contributed by atoms with E-state index in [-0.39, 0.29) is 0 Å². The first-order valence-electron chi connectivity index (χ1n) is 3.90. The first-order chi connectivity index (χ1) is 5.94. The van der Waals surface area contributed by atoms with Gasteiger partial charge in [0, 0.05) is 6.20 Å². The van der Waals surface area contributed by atoms with Crippen LogP contribution in [0.25, 0.3) is 0 Å². The summed E-state index contributed by atoms with van der Waals surface area (Å²) < 4.78 is 0. The third kappa shape index (κ3) is 1.77. The standard InChI is InChI=1S/C9H12N2O2/c1-9(2,8(12)13)6-3-4-7(10)11-5-6/h3-5H,1-2H3,(H2,10,11)(H,12,13). The summed E-state index contributed by atoms with van der Waals surface area (Å²) >= 11 is 0. The summed E-state index contributed by atoms with van der Waals surface area (Å²) in [7, 11) is 0. The quantitative estimate of drug-likeness (QED) is 0.712. The highest BCUT2D eigenvalue weighted by molar-refractivity contribution is 5.80. The summed E-state index contributed by atoms with van der Waals surface area (Å²) in [6.45, 7) is 3.26. The fraction of sp³-hybridized carbons (Fsp3) is 0.333. The van der Waals surface area contributed by atoms with E-state index in [4.69, 9.17) is 10.8 Å². The third-order valence-electron chi connectivity index (χ3n) is 2.04. The molecule has 70 valence electrons. The Morgan fingerprint density at radius 2 is 2.15 bits per heavy atom. The Morgan fingerprint density at radius 3 is 2.54 bits per heavy atom. The zero-order chi connectivity index (χ0) is 10.1. The van der Waals surface area contributed by atoms with E-state index >= 15 is 0 Å². The topological polar surface area (TPSA) is 76.2 Å². The van der Waals surface area contributed by atoms with Gasteiger partial charge < -0.3 is 10.8 Å². The summed E-state index contributed by atoms with van der Waals surface area (Å²) in [5.41, 5.74) is 5.12. The maximum Gasteiger partial charge on any atom is 0.313 e. The summed E-state index contributed by atoms with van der Waals surface area (Å²) in [5, 5.41) is 8.90. The lowest BCUT2D eigenvalue weighted by molar-refractivity contribution is -0.142. The van der Waals surface area contributed by atoms with Crippen molar-refractivity contribution in [3.8, 4) is 0 Å². The monoisotopic (exact) mass is 180 g/mol. The predicted molar refractivity (Wildman–Crippen MR) is 49.3 cm³/mol. The molecule has 0 fully saturated rings. The van der Waals surface area contributed by atoms with Crippen molar-refractivity contribution in [1.82, 2.24) is 4.98 Å². The third-order valence-corrected chi connectivity index (χ3v) is 2.04. The first-order valence-corrected chi connectivity index (χ1v) is 3.90. The highest BCUT2D eigenvalue weighted by atomic mass is 16.4. The molecule has 0 saturated heterocycles. The number of anilines is 1. The lowest BCUT2D eigenvalue weighted by atomic mass is 9.86. The van der Waals surface area contributed by atoms with Crippen LogP contribution in [0.15, 0.2) is 18.3 Å². The van der Waals surface area contributed by atoms with Crippen LogP contribution in [0.4, 0.5) is 5.82 Å². The molecular weight excluding hydrogens is 168 g/mol. The van der Waals surface area contributed by atoms with Crippen molar-refractivity contribution in [2.75, 3.05) is 5.73 Å². The van der Waals surface area contributed by atoms with Crippen molar-refractivity contribution in [3.63, 3.8) is 0 Å². The van der Waals surface area contributed by atoms with Gasteiger partial charge in [-0.05, 0) is 25.5 Å². The Labute approximate surface area is 76.4 Å². The van der Waals surface area contributed by atoms with Crippen LogP contribution in [-0.4, -0.2) is 16.1 Å². The van der Waals surface area contributed by atoms with Gasteiger partial charge in [-0.15, -0.1) is 0 Å². The van der Waals surface area contributed by atoms with E-state index in [1.165, 1.54) is 6.20 Å². The van der Waals surface area contributed by atoms with Gasteiger partial charge in [0.1, 0.15) is 5.82 Å². The Balaban J connectivity index is 3.08. The van der Waals surface area contributed by atoms with E-state index < -0.39 is 11.4 Å². The van der Waals surface area contributed by atoms with Crippen LogP contribution < -0.4 is 5.73 Å². The van der Waals surface area contributed by atoms with Gasteiger partial charge in [0.15, 0.2) is 0 Å². The molecule has 0 amide bonds. The Hall–Kier alpha value is -1.58. The summed E-state index contributed by atoms with van der Waals surface area (Å²) in [5.74, 6) is -0.482. The zero-order valence-electron chi connectivity index (χ0n) is 7.61. The fourth-order valence-corrected chi connectivity index (χ4v) is 0.898. The lowest BCUT2D eigenvalue weighted by Gasteiger charge is -2.18. The van der Waals surface area contributed by atoms with Crippen LogP contribution in [0.1, 0.15) is 19.4 Å². The number of hydrogen-bond donors (Lipinski definition) is 2. The van der Waals surface area contributed by atoms with E-state index in [1.807, 2.05) is 0 Å². The number of carboxylic acids is 1. The summed E-state index contributed by atoms with van der Waals surface area (Å²) in [4.78, 5) is 14.7. The van der Waals surface area contributed by atoms with Crippen LogP contribution in [-0.2, 0) is 10.2 Å². The molecule has 4 nitrogen and oxygen atoms in total. The number of hydrogen-bond acceptors (Lipinski definition) is 3. The molecule has 0 saturated carbocycles. The second kappa shape index (κ2) is 3.05. The molecule has 0 radical (unpaired) electrons. The van der Waals surface area contributed by atoms with E-state index in [1.54, 1.807) is 26.0 Å². The average molecular weight is 180 g/mol. The molecule has 1 aromatic heterocycles. The van der Waals surface area contributed by atoms with Gasteiger partial charge in [0.25, 0.3) is 0 Å². The Kier molecular flexibility index (Phi) is 2.23. The van der Waals surface area contributed by atoms with E-state index in [0.717, 1.165) is 0 Å². The number of aromatic nitrogens is 1. The largest absolute Gasteiger partial charge is 0.481 e. The molecule has 1 rings (SSSR count). The van der Waals surface area contributed by atoms with Crippen molar-refractivity contribution in [3.05, 3.63) is 23.9 Å². The highest BCUT2D eigenvalue weighted by Gasteiger charge is 2.29. The van der Waals surface area contributed by atoms with Crippen molar-refractivity contribution in [2.24, 2.45) is 0 Å². The minimum absolute atomic E-state index is 0.393. The minimum Gasteiger partial charge on any atom is -0.481 e. The molecule has 1 aromatic rings. The Morgan fingerprint density at radius 1 is 1.54 bits per heavy atom. The molecule has 1 heterocycles. The number of rotatable bonds is 2. The van der Waals surface area contributed by atoms with E-state index in [9.17, 15) is 4.79 Å². The van der Waals surface area contributed by atoms with Gasteiger partial charge >= 0.3 is 5.97 Å². The molecule has 0 aliphatic rings. The maximum atomic E-state index is 10.8. The van der Waals surface area contributed by atoms with Gasteiger partial charge in [-0.3, -0.25) is 4.79 Å². The second-order valence-corrected chi connectivity index (χ2v) is 3.40. The van der Waals surface area contributed by atoms with Crippen molar-refractivity contribution < 1.29 is 9.90 Å². The van der Waals surface area contributed by atoms with Crippen LogP contribution >= 0.6 is 0 Å². The SMILES string of the molecule is CC(C)(C(=O)O)c1ccc(N)nc1. The van der Waals surface area contributed by atoms with Gasteiger partial charge in [0.2, 0.25) is 0 Å². The van der Waals surface area contributed by atoms with Gasteiger partial charge in [-0.2, -0.15) is 0 Å². The number of carbonyl (C=O) groups is 1. The first kappa shape index (κ1) is 9.51. The van der Waals surface area contributed by atoms with Gasteiger partial charge in [0.05, 0.1) is 5.41 Å². The molecule has 0 bridgehead atoms. The highest BCUT2D eigenvalue weighted by Crippen LogP contribution is 2.22. The van der Waals surface area contributed by atoms with E-state index in [2.05, 4.69) is 4.98 Å². The molecular formula is C9H12N2O2. The average Bonchev–Trinajstić information content (AvgIpc) is 2.04. The molecule has 4 heteroatoms. The van der Waals surface area contributed by atoms with Crippen LogP contribution in [0.3, 0.4) is 0 Å². The number of nitrogen functional groups attached to an aromatic ring is 1. The predicted octanol–water partition coefficient (Wildman–Crippen LogP) is 1.03. The molecule has 0 spiro atoms. The molecule has 3 N–H and O–H groups in total. The summed E-state index contributed by atoms with van der Waals surface area (Å²) in [6, 6.07) is 3.27. The van der Waals surface area contributed by atoms with Crippen molar-refractivity contribution in [1.29, 1.82) is 0 Å². The second-order valence-electron chi connectivity index (χ2n) is 3.40. The fourth-order valence-electron chi connectivity index (χ4n) is 0.898. The molecule has 13 heavy (non-hydrogen) atoms. The smallest absolute Gasteiger partial charge is 0.313 e. The van der Waals surface area contributed by atoms with Crippen molar-refractivity contribution >= 4 is 11.8 Å². The molecule has 0 aliphatic carbocycles. The van der Waals surface area contributed by atoms with Crippen LogP contribution in [0.2, 0.25) is 0 Å². The zero-order valence-corrected chi connectivity index (χ0v) is 7.61. The minimum atomic E-state index is -0.916. The number of carboxylic acid groups (broad SMARTS) is 1. The van der Waals surface area contributed by atoms with Crippen molar-refractivity contribution in [2.45, 2.75) is 19.3 Å². The molecule has 0 unspecified atom stereocenters. The maximum absolute atomic E-state index is 10.8. The Bertz CT molecular complexity index is 317. The van der Waals surface area contributed by atoms with Gasteiger partial charge in [-0.25, -0.2) is 4.98 Å². The number of pyridine rings is 1. The van der Waals surface area contributed by atoms with Crippen LogP contribution in [0.5, 0.6) is 0 Å².